The molecule has 2 aromatic rings. The van der Waals surface area contributed by atoms with Gasteiger partial charge in [-0.05, 0) is 19.1 Å². The fourth-order valence-corrected chi connectivity index (χ4v) is 1.71. The normalized spacial score (nSPS) is 10.5. The third-order valence-electron chi connectivity index (χ3n) is 3.03. The van der Waals surface area contributed by atoms with E-state index < -0.39 is 11.7 Å². The highest BCUT2D eigenvalue weighted by atomic mass is 16.3. The van der Waals surface area contributed by atoms with Crippen molar-refractivity contribution in [2.75, 3.05) is 7.05 Å². The molecule has 0 aliphatic heterocycles. The topological polar surface area (TPSA) is 68.3 Å². The number of nitrogens with zero attached hydrogens (tertiary/aromatic N) is 3. The average molecular weight is 261 g/mol. The van der Waals surface area contributed by atoms with Gasteiger partial charge in [-0.3, -0.25) is 14.3 Å². The van der Waals surface area contributed by atoms with Crippen LogP contribution in [0.3, 0.4) is 0 Å². The van der Waals surface area contributed by atoms with Gasteiger partial charge in [0.2, 0.25) is 0 Å². The number of hydrogen-bond acceptors (Lipinski definition) is 4. The zero-order valence-electron chi connectivity index (χ0n) is 11.1. The molecule has 2 aromatic heterocycles. The molecule has 19 heavy (non-hydrogen) atoms. The second-order valence-corrected chi connectivity index (χ2v) is 4.35. The molecular formula is C13H15N3O3. The lowest BCUT2D eigenvalue weighted by atomic mass is 10.2. The predicted molar refractivity (Wildman–Crippen MR) is 67.5 cm³/mol. The fraction of sp³-hybridized carbons (Fsp3) is 0.308. The van der Waals surface area contributed by atoms with Crippen molar-refractivity contribution in [1.29, 1.82) is 0 Å². The van der Waals surface area contributed by atoms with Gasteiger partial charge in [-0.15, -0.1) is 0 Å². The molecule has 0 unspecified atom stereocenters. The molecule has 0 aliphatic carbocycles. The van der Waals surface area contributed by atoms with E-state index in [0.29, 0.717) is 6.54 Å². The number of aryl methyl sites for hydroxylation is 1. The van der Waals surface area contributed by atoms with E-state index >= 15 is 0 Å². The smallest absolute Gasteiger partial charge is 0.298 e. The maximum Gasteiger partial charge on any atom is 0.298 e. The van der Waals surface area contributed by atoms with Crippen LogP contribution < -0.4 is 0 Å². The summed E-state index contributed by atoms with van der Waals surface area (Å²) in [4.78, 5) is 25.1. The summed E-state index contributed by atoms with van der Waals surface area (Å²) in [6.45, 7) is 2.25. The molecule has 6 nitrogen and oxygen atoms in total. The first-order valence-electron chi connectivity index (χ1n) is 5.81. The first kappa shape index (κ1) is 13.1. The summed E-state index contributed by atoms with van der Waals surface area (Å²) < 4.78 is 6.66. The summed E-state index contributed by atoms with van der Waals surface area (Å²) >= 11 is 0. The number of aromatic nitrogens is 2. The maximum absolute atomic E-state index is 12.0. The third-order valence-corrected chi connectivity index (χ3v) is 3.03. The minimum atomic E-state index is -0.644. The highest BCUT2D eigenvalue weighted by molar-refractivity contribution is 6.41. The number of hydrogen-bond donors (Lipinski definition) is 0. The Labute approximate surface area is 110 Å². The van der Waals surface area contributed by atoms with Gasteiger partial charge in [-0.2, -0.15) is 5.10 Å². The van der Waals surface area contributed by atoms with Gasteiger partial charge in [0.25, 0.3) is 11.7 Å². The van der Waals surface area contributed by atoms with E-state index in [2.05, 4.69) is 5.10 Å². The lowest BCUT2D eigenvalue weighted by Gasteiger charge is -2.15. The van der Waals surface area contributed by atoms with Crippen molar-refractivity contribution in [2.24, 2.45) is 7.05 Å². The van der Waals surface area contributed by atoms with Gasteiger partial charge in [0.05, 0.1) is 12.5 Å². The van der Waals surface area contributed by atoms with Crippen LogP contribution in [0.4, 0.5) is 0 Å². The molecule has 6 heteroatoms. The molecule has 0 aliphatic rings. The minimum absolute atomic E-state index is 0.0553. The van der Waals surface area contributed by atoms with Crippen LogP contribution in [0.5, 0.6) is 0 Å². The van der Waals surface area contributed by atoms with Gasteiger partial charge >= 0.3 is 0 Å². The van der Waals surface area contributed by atoms with Crippen LogP contribution in [-0.4, -0.2) is 33.4 Å². The van der Waals surface area contributed by atoms with E-state index in [-0.39, 0.29) is 5.76 Å². The van der Waals surface area contributed by atoms with Crippen molar-refractivity contribution in [3.05, 3.63) is 41.6 Å². The summed E-state index contributed by atoms with van der Waals surface area (Å²) in [6, 6.07) is 3.05. The minimum Gasteiger partial charge on any atom is -0.461 e. The van der Waals surface area contributed by atoms with Gasteiger partial charge < -0.3 is 9.32 Å². The second kappa shape index (κ2) is 5.09. The number of amides is 1. The molecule has 0 saturated carbocycles. The number of ketones is 1. The zero-order chi connectivity index (χ0) is 14.0. The molecule has 0 aromatic carbocycles. The Morgan fingerprint density at radius 1 is 1.47 bits per heavy atom. The van der Waals surface area contributed by atoms with Crippen LogP contribution in [0.15, 0.2) is 29.0 Å². The monoisotopic (exact) mass is 261 g/mol. The molecule has 2 rings (SSSR count). The van der Waals surface area contributed by atoms with E-state index in [1.54, 1.807) is 24.0 Å². The lowest BCUT2D eigenvalue weighted by molar-refractivity contribution is -0.125. The summed E-state index contributed by atoms with van der Waals surface area (Å²) in [7, 11) is 3.41. The van der Waals surface area contributed by atoms with Crippen molar-refractivity contribution in [3.63, 3.8) is 0 Å². The van der Waals surface area contributed by atoms with Gasteiger partial charge in [-0.1, -0.05) is 0 Å². The Balaban J connectivity index is 2.08. The number of carbonyl (C=O) groups is 2. The van der Waals surface area contributed by atoms with Crippen molar-refractivity contribution < 1.29 is 14.0 Å². The lowest BCUT2D eigenvalue weighted by Crippen LogP contribution is -2.32. The van der Waals surface area contributed by atoms with Gasteiger partial charge in [0.15, 0.2) is 5.76 Å². The molecule has 100 valence electrons. The Kier molecular flexibility index (Phi) is 3.50. The summed E-state index contributed by atoms with van der Waals surface area (Å²) in [5, 5.41) is 4.10. The number of furan rings is 1. The third kappa shape index (κ3) is 2.57. The number of Topliss-reactive ketones (excluding diaryl/α,β-unsaturated/α-hetero) is 1. The van der Waals surface area contributed by atoms with Crippen molar-refractivity contribution >= 4 is 11.7 Å². The highest BCUT2D eigenvalue weighted by Crippen LogP contribution is 2.10. The van der Waals surface area contributed by atoms with Crippen molar-refractivity contribution in [3.8, 4) is 0 Å². The van der Waals surface area contributed by atoms with Crippen molar-refractivity contribution in [1.82, 2.24) is 14.7 Å². The number of likely N-dealkylation sites (N-methyl/N-ethyl adjacent to an activating group) is 1. The predicted octanol–water partition coefficient (Wildman–Crippen LogP) is 1.16. The average Bonchev–Trinajstić information content (AvgIpc) is 3.02. The largest absolute Gasteiger partial charge is 0.461 e. The first-order valence-corrected chi connectivity index (χ1v) is 5.81. The molecule has 0 atom stereocenters. The van der Waals surface area contributed by atoms with Crippen LogP contribution in [0.2, 0.25) is 0 Å². The molecular weight excluding hydrogens is 246 g/mol. The molecule has 0 fully saturated rings. The Morgan fingerprint density at radius 2 is 2.21 bits per heavy atom. The van der Waals surface area contributed by atoms with Crippen LogP contribution in [0.1, 0.15) is 21.8 Å². The van der Waals surface area contributed by atoms with Crippen LogP contribution in [0, 0.1) is 6.92 Å². The van der Waals surface area contributed by atoms with E-state index in [1.165, 1.54) is 17.2 Å². The molecule has 0 bridgehead atoms. The quantitative estimate of drug-likeness (QED) is 0.612. The molecule has 0 saturated heterocycles. The van der Waals surface area contributed by atoms with Gasteiger partial charge in [-0.25, -0.2) is 0 Å². The summed E-state index contributed by atoms with van der Waals surface area (Å²) in [5.41, 5.74) is 1.87. The van der Waals surface area contributed by atoms with Crippen LogP contribution in [0.25, 0.3) is 0 Å². The van der Waals surface area contributed by atoms with Crippen molar-refractivity contribution in [2.45, 2.75) is 13.5 Å². The van der Waals surface area contributed by atoms with E-state index in [9.17, 15) is 9.59 Å². The molecule has 0 N–H and O–H groups in total. The van der Waals surface area contributed by atoms with E-state index in [1.807, 2.05) is 14.0 Å². The SMILES string of the molecule is Cc1c(CN(C)C(=O)C(=O)c2ccco2)cnn1C. The van der Waals surface area contributed by atoms with E-state index in [0.717, 1.165) is 11.3 Å². The number of carbonyl (C=O) groups excluding carboxylic acids is 2. The van der Waals surface area contributed by atoms with Crippen LogP contribution >= 0.6 is 0 Å². The highest BCUT2D eigenvalue weighted by Gasteiger charge is 2.23. The van der Waals surface area contributed by atoms with Gasteiger partial charge in [0, 0.05) is 31.9 Å². The maximum atomic E-state index is 12.0. The molecule has 0 radical (unpaired) electrons. The summed E-state index contributed by atoms with van der Waals surface area (Å²) in [5.74, 6) is -1.19. The Hall–Kier alpha value is -2.37. The zero-order valence-corrected chi connectivity index (χ0v) is 11.1. The van der Waals surface area contributed by atoms with Gasteiger partial charge in [0.1, 0.15) is 0 Å². The fourth-order valence-electron chi connectivity index (χ4n) is 1.71. The second-order valence-electron chi connectivity index (χ2n) is 4.35. The number of rotatable bonds is 4. The molecule has 2 heterocycles. The standard InChI is InChI=1S/C13H15N3O3/c1-9-10(7-14-16(9)3)8-15(2)13(18)12(17)11-5-4-6-19-11/h4-7H,8H2,1-3H3. The Morgan fingerprint density at radius 3 is 2.74 bits per heavy atom. The van der Waals surface area contributed by atoms with Crippen LogP contribution in [-0.2, 0) is 18.4 Å². The summed E-state index contributed by atoms with van der Waals surface area (Å²) in [6.07, 6.45) is 3.06. The first-order chi connectivity index (χ1) is 9.00. The molecule has 0 spiro atoms. The molecule has 1 amide bonds. The Bertz CT molecular complexity index is 599. The van der Waals surface area contributed by atoms with E-state index in [4.69, 9.17) is 4.42 Å².